The second-order valence-electron chi connectivity index (χ2n) is 3.05. The summed E-state index contributed by atoms with van der Waals surface area (Å²) in [5.74, 6) is 0.0573. The average molecular weight is 215 g/mol. The molecule has 2 rings (SSSR count). The number of ether oxygens (including phenoxy) is 1. The molecule has 5 nitrogen and oxygen atoms in total. The van der Waals surface area contributed by atoms with Crippen LogP contribution in [0.2, 0.25) is 5.02 Å². The summed E-state index contributed by atoms with van der Waals surface area (Å²) >= 11 is 5.59. The van der Waals surface area contributed by atoms with Gasteiger partial charge in [-0.15, -0.1) is 0 Å². The first-order valence-electron chi connectivity index (χ1n) is 4.13. The van der Waals surface area contributed by atoms with Gasteiger partial charge in [0.15, 0.2) is 0 Å². The molecule has 1 aliphatic carbocycles. The molecule has 1 heterocycles. The van der Waals surface area contributed by atoms with Gasteiger partial charge in [-0.25, -0.2) is 4.98 Å². The second-order valence-corrected chi connectivity index (χ2v) is 3.49. The number of nitro groups is 1. The molecule has 0 amide bonds. The summed E-state index contributed by atoms with van der Waals surface area (Å²) < 4.78 is 5.26. The molecule has 0 spiro atoms. The highest BCUT2D eigenvalue weighted by Crippen LogP contribution is 2.32. The Balaban J connectivity index is 2.31. The third kappa shape index (κ3) is 1.93. The van der Waals surface area contributed by atoms with Gasteiger partial charge in [0.05, 0.1) is 16.1 Å². The maximum Gasteiger partial charge on any atom is 0.332 e. The molecule has 74 valence electrons. The van der Waals surface area contributed by atoms with E-state index in [9.17, 15) is 10.1 Å². The molecular weight excluding hydrogens is 208 g/mol. The first-order chi connectivity index (χ1) is 6.66. The molecule has 1 aromatic rings. The monoisotopic (exact) mass is 214 g/mol. The van der Waals surface area contributed by atoms with Crippen molar-refractivity contribution in [3.05, 3.63) is 27.4 Å². The predicted molar refractivity (Wildman–Crippen MR) is 49.6 cm³/mol. The Bertz CT molecular complexity index is 379. The van der Waals surface area contributed by atoms with Crippen LogP contribution in [-0.2, 0) is 0 Å². The van der Waals surface area contributed by atoms with Crippen molar-refractivity contribution >= 4 is 17.3 Å². The van der Waals surface area contributed by atoms with Crippen molar-refractivity contribution in [2.24, 2.45) is 0 Å². The molecule has 0 N–H and O–H groups in total. The zero-order valence-corrected chi connectivity index (χ0v) is 7.90. The quantitative estimate of drug-likeness (QED) is 0.571. The minimum absolute atomic E-state index is 0.0573. The number of nitrogens with zero attached hydrogens (tertiary/aromatic N) is 2. The number of hydrogen-bond donors (Lipinski definition) is 0. The average Bonchev–Trinajstić information content (AvgIpc) is 2.91. The van der Waals surface area contributed by atoms with E-state index in [1.54, 1.807) is 0 Å². The lowest BCUT2D eigenvalue weighted by molar-refractivity contribution is -0.386. The highest BCUT2D eigenvalue weighted by molar-refractivity contribution is 6.30. The third-order valence-corrected chi connectivity index (χ3v) is 2.00. The Labute approximate surface area is 84.8 Å². The first kappa shape index (κ1) is 9.21. The smallest absolute Gasteiger partial charge is 0.332 e. The van der Waals surface area contributed by atoms with Gasteiger partial charge >= 0.3 is 5.69 Å². The Kier molecular flexibility index (Phi) is 2.25. The molecule has 0 aromatic carbocycles. The zero-order chi connectivity index (χ0) is 10.1. The largest absolute Gasteiger partial charge is 0.469 e. The Hall–Kier alpha value is -1.36. The van der Waals surface area contributed by atoms with Crippen LogP contribution in [0.5, 0.6) is 5.88 Å². The fourth-order valence-corrected chi connectivity index (χ4v) is 1.13. The van der Waals surface area contributed by atoms with Gasteiger partial charge < -0.3 is 4.74 Å². The van der Waals surface area contributed by atoms with Gasteiger partial charge in [0.1, 0.15) is 6.10 Å². The van der Waals surface area contributed by atoms with Crippen molar-refractivity contribution in [1.29, 1.82) is 0 Å². The molecule has 1 aliphatic rings. The van der Waals surface area contributed by atoms with Crippen molar-refractivity contribution in [2.75, 3.05) is 0 Å². The van der Waals surface area contributed by atoms with E-state index in [2.05, 4.69) is 4.98 Å². The van der Waals surface area contributed by atoms with Crippen molar-refractivity contribution in [3.8, 4) is 5.88 Å². The van der Waals surface area contributed by atoms with E-state index in [0.29, 0.717) is 0 Å². The standard InChI is InChI=1S/C8H7ClN2O3/c9-5-3-7(11(12)13)8(10-4-5)14-6-1-2-6/h3-4,6H,1-2H2. The summed E-state index contributed by atoms with van der Waals surface area (Å²) in [6.45, 7) is 0. The van der Waals surface area contributed by atoms with Gasteiger partial charge in [-0.2, -0.15) is 0 Å². The molecule has 0 radical (unpaired) electrons. The van der Waals surface area contributed by atoms with Crippen LogP contribution in [0.25, 0.3) is 0 Å². The van der Waals surface area contributed by atoms with Crippen LogP contribution in [0.3, 0.4) is 0 Å². The molecule has 0 saturated heterocycles. The minimum atomic E-state index is -0.545. The first-order valence-corrected chi connectivity index (χ1v) is 4.51. The SMILES string of the molecule is O=[N+]([O-])c1cc(Cl)cnc1OC1CC1. The van der Waals surface area contributed by atoms with Crippen LogP contribution >= 0.6 is 11.6 Å². The summed E-state index contributed by atoms with van der Waals surface area (Å²) in [6, 6.07) is 1.24. The van der Waals surface area contributed by atoms with Crippen molar-refractivity contribution in [1.82, 2.24) is 4.98 Å². The maximum absolute atomic E-state index is 10.6. The van der Waals surface area contributed by atoms with E-state index >= 15 is 0 Å². The molecule has 0 unspecified atom stereocenters. The molecule has 1 fully saturated rings. The zero-order valence-electron chi connectivity index (χ0n) is 7.14. The van der Waals surface area contributed by atoms with Crippen LogP contribution in [-0.4, -0.2) is 16.0 Å². The van der Waals surface area contributed by atoms with E-state index in [1.807, 2.05) is 0 Å². The summed E-state index contributed by atoms with van der Waals surface area (Å²) in [4.78, 5) is 13.8. The number of halogens is 1. The van der Waals surface area contributed by atoms with Crippen LogP contribution in [0, 0.1) is 10.1 Å². The summed E-state index contributed by atoms with van der Waals surface area (Å²) in [5, 5.41) is 10.8. The fourth-order valence-electron chi connectivity index (χ4n) is 0.981. The van der Waals surface area contributed by atoms with Crippen LogP contribution in [0.1, 0.15) is 12.8 Å². The Morgan fingerprint density at radius 3 is 2.93 bits per heavy atom. The number of aromatic nitrogens is 1. The Morgan fingerprint density at radius 1 is 1.64 bits per heavy atom. The van der Waals surface area contributed by atoms with Crippen molar-refractivity contribution in [3.63, 3.8) is 0 Å². The van der Waals surface area contributed by atoms with Crippen LogP contribution in [0.15, 0.2) is 12.3 Å². The van der Waals surface area contributed by atoms with Gasteiger partial charge in [-0.1, -0.05) is 11.6 Å². The summed E-state index contributed by atoms with van der Waals surface area (Å²) in [5.41, 5.74) is -0.176. The van der Waals surface area contributed by atoms with E-state index in [1.165, 1.54) is 12.3 Å². The molecule has 1 aromatic heterocycles. The van der Waals surface area contributed by atoms with E-state index < -0.39 is 4.92 Å². The lowest BCUT2D eigenvalue weighted by Gasteiger charge is -2.03. The van der Waals surface area contributed by atoms with Crippen LogP contribution < -0.4 is 4.74 Å². The topological polar surface area (TPSA) is 65.3 Å². The Morgan fingerprint density at radius 2 is 2.36 bits per heavy atom. The highest BCUT2D eigenvalue weighted by Gasteiger charge is 2.28. The normalized spacial score (nSPS) is 15.2. The van der Waals surface area contributed by atoms with Crippen LogP contribution in [0.4, 0.5) is 5.69 Å². The second kappa shape index (κ2) is 3.42. The molecular formula is C8H7ClN2O3. The molecule has 6 heteroatoms. The van der Waals surface area contributed by atoms with Gasteiger partial charge in [0.25, 0.3) is 5.88 Å². The van der Waals surface area contributed by atoms with Gasteiger partial charge in [-0.3, -0.25) is 10.1 Å². The molecule has 1 saturated carbocycles. The van der Waals surface area contributed by atoms with Gasteiger partial charge in [-0.05, 0) is 12.8 Å². The summed E-state index contributed by atoms with van der Waals surface area (Å²) in [6.07, 6.45) is 3.29. The van der Waals surface area contributed by atoms with Crippen molar-refractivity contribution in [2.45, 2.75) is 18.9 Å². The summed E-state index contributed by atoms with van der Waals surface area (Å²) in [7, 11) is 0. The van der Waals surface area contributed by atoms with Gasteiger partial charge in [0, 0.05) is 6.07 Å². The lowest BCUT2D eigenvalue weighted by Crippen LogP contribution is -2.02. The highest BCUT2D eigenvalue weighted by atomic mass is 35.5. The minimum Gasteiger partial charge on any atom is -0.469 e. The van der Waals surface area contributed by atoms with Crippen molar-refractivity contribution < 1.29 is 9.66 Å². The fraction of sp³-hybridized carbons (Fsp3) is 0.375. The predicted octanol–water partition coefficient (Wildman–Crippen LogP) is 2.18. The molecule has 0 atom stereocenters. The molecule has 0 aliphatic heterocycles. The molecule has 14 heavy (non-hydrogen) atoms. The van der Waals surface area contributed by atoms with Gasteiger partial charge in [0.2, 0.25) is 0 Å². The van der Waals surface area contributed by atoms with E-state index in [4.69, 9.17) is 16.3 Å². The number of pyridine rings is 1. The number of hydrogen-bond acceptors (Lipinski definition) is 4. The third-order valence-electron chi connectivity index (χ3n) is 1.80. The van der Waals surface area contributed by atoms with E-state index in [-0.39, 0.29) is 22.7 Å². The number of rotatable bonds is 3. The lowest BCUT2D eigenvalue weighted by atomic mass is 10.4. The van der Waals surface area contributed by atoms with E-state index in [0.717, 1.165) is 12.8 Å². The molecule has 0 bridgehead atoms. The maximum atomic E-state index is 10.6.